The molecule has 6 heteroatoms. The zero-order valence-electron chi connectivity index (χ0n) is 15.5. The van der Waals surface area contributed by atoms with Crippen LogP contribution >= 0.6 is 12.4 Å². The van der Waals surface area contributed by atoms with Crippen molar-refractivity contribution in [3.63, 3.8) is 0 Å². The number of hydrogen-bond donors (Lipinski definition) is 2. The van der Waals surface area contributed by atoms with Crippen LogP contribution in [0.3, 0.4) is 0 Å². The predicted molar refractivity (Wildman–Crippen MR) is 104 cm³/mol. The highest BCUT2D eigenvalue weighted by Crippen LogP contribution is 2.41. The van der Waals surface area contributed by atoms with Gasteiger partial charge in [0.15, 0.2) is 0 Å². The van der Waals surface area contributed by atoms with Gasteiger partial charge >= 0.3 is 0 Å². The van der Waals surface area contributed by atoms with Crippen LogP contribution in [0, 0.1) is 17.8 Å². The number of rotatable bonds is 7. The summed E-state index contributed by atoms with van der Waals surface area (Å²) in [6.07, 6.45) is 5.56. The summed E-state index contributed by atoms with van der Waals surface area (Å²) in [6, 6.07) is 8.16. The molecule has 0 radical (unpaired) electrons. The molecule has 0 saturated heterocycles. The van der Waals surface area contributed by atoms with E-state index in [1.165, 1.54) is 19.3 Å². The zero-order valence-corrected chi connectivity index (χ0v) is 16.3. The van der Waals surface area contributed by atoms with Crippen molar-refractivity contribution in [2.75, 3.05) is 20.3 Å². The molecular formula is C20H31ClN2O3. The summed E-state index contributed by atoms with van der Waals surface area (Å²) in [5.74, 6) is 2.20. The summed E-state index contributed by atoms with van der Waals surface area (Å²) in [4.78, 5) is 12.6. The Morgan fingerprint density at radius 3 is 2.42 bits per heavy atom. The molecule has 2 aliphatic carbocycles. The number of ether oxygens (including phenoxy) is 2. The van der Waals surface area contributed by atoms with Crippen molar-refractivity contribution in [1.82, 2.24) is 5.32 Å². The van der Waals surface area contributed by atoms with E-state index in [1.807, 2.05) is 24.3 Å². The summed E-state index contributed by atoms with van der Waals surface area (Å²) in [7, 11) is 1.66. The van der Waals surface area contributed by atoms with Crippen molar-refractivity contribution in [2.45, 2.75) is 44.7 Å². The van der Waals surface area contributed by atoms with Crippen molar-refractivity contribution in [3.05, 3.63) is 29.8 Å². The number of benzene rings is 1. The molecular weight excluding hydrogens is 352 g/mol. The van der Waals surface area contributed by atoms with Gasteiger partial charge in [-0.1, -0.05) is 18.6 Å². The van der Waals surface area contributed by atoms with Crippen LogP contribution in [0.25, 0.3) is 0 Å². The van der Waals surface area contributed by atoms with Crippen LogP contribution in [0.5, 0.6) is 5.75 Å². The van der Waals surface area contributed by atoms with Crippen molar-refractivity contribution < 1.29 is 14.3 Å². The standard InChI is InChI=1S/C20H30N2O3.ClH/c1-24-9-10-25-18-7-5-14(6-8-18)13-22-20(23)17-11-15-3-2-4-16(12-17)19(15)21;/h5-8,15-17,19H,2-4,9-13,21H2,1H3,(H,22,23);1H. The third-order valence-electron chi connectivity index (χ3n) is 5.73. The molecule has 2 aliphatic rings. The lowest BCUT2D eigenvalue weighted by atomic mass is 9.65. The number of carbonyl (C=O) groups is 1. The molecule has 3 rings (SSSR count). The van der Waals surface area contributed by atoms with Crippen LogP contribution in [0.15, 0.2) is 24.3 Å². The monoisotopic (exact) mass is 382 g/mol. The van der Waals surface area contributed by atoms with Gasteiger partial charge in [0, 0.05) is 25.6 Å². The SMILES string of the molecule is COCCOc1ccc(CNC(=O)C2CC3CCCC(C2)C3N)cc1.Cl. The molecule has 26 heavy (non-hydrogen) atoms. The number of halogens is 1. The van der Waals surface area contributed by atoms with Gasteiger partial charge in [0.05, 0.1) is 6.61 Å². The van der Waals surface area contributed by atoms with Gasteiger partial charge in [0.25, 0.3) is 0 Å². The molecule has 0 aliphatic heterocycles. The molecule has 0 spiro atoms. The lowest BCUT2D eigenvalue weighted by Gasteiger charge is -2.43. The number of amides is 1. The summed E-state index contributed by atoms with van der Waals surface area (Å²) >= 11 is 0. The Hall–Kier alpha value is -1.30. The summed E-state index contributed by atoms with van der Waals surface area (Å²) in [5.41, 5.74) is 7.40. The lowest BCUT2D eigenvalue weighted by Crippen LogP contribution is -2.49. The topological polar surface area (TPSA) is 73.6 Å². The van der Waals surface area contributed by atoms with Crippen molar-refractivity contribution in [3.8, 4) is 5.75 Å². The van der Waals surface area contributed by atoms with E-state index in [9.17, 15) is 4.79 Å². The highest BCUT2D eigenvalue weighted by atomic mass is 35.5. The minimum absolute atomic E-state index is 0. The van der Waals surface area contributed by atoms with Gasteiger partial charge in [-0.3, -0.25) is 4.79 Å². The van der Waals surface area contributed by atoms with Gasteiger partial charge in [0.1, 0.15) is 12.4 Å². The van der Waals surface area contributed by atoms with Crippen molar-refractivity contribution in [1.29, 1.82) is 0 Å². The molecule has 2 unspecified atom stereocenters. The maximum atomic E-state index is 12.6. The number of fused-ring (bicyclic) bond motifs is 2. The lowest BCUT2D eigenvalue weighted by molar-refractivity contribution is -0.128. The van der Waals surface area contributed by atoms with Gasteiger partial charge in [-0.05, 0) is 55.2 Å². The second-order valence-corrected chi connectivity index (χ2v) is 7.40. The van der Waals surface area contributed by atoms with E-state index in [4.69, 9.17) is 15.2 Å². The molecule has 3 N–H and O–H groups in total. The average Bonchev–Trinajstić information content (AvgIpc) is 2.61. The third-order valence-corrected chi connectivity index (χ3v) is 5.73. The van der Waals surface area contributed by atoms with E-state index in [-0.39, 0.29) is 24.2 Å². The normalized spacial score (nSPS) is 27.3. The second kappa shape index (κ2) is 10.1. The Labute approximate surface area is 162 Å². The third kappa shape index (κ3) is 5.35. The smallest absolute Gasteiger partial charge is 0.223 e. The fourth-order valence-corrected chi connectivity index (χ4v) is 4.28. The van der Waals surface area contributed by atoms with E-state index >= 15 is 0 Å². The number of methoxy groups -OCH3 is 1. The van der Waals surface area contributed by atoms with Crippen LogP contribution in [-0.2, 0) is 16.1 Å². The quantitative estimate of drug-likeness (QED) is 0.711. The van der Waals surface area contributed by atoms with Crippen LogP contribution in [0.2, 0.25) is 0 Å². The molecule has 5 nitrogen and oxygen atoms in total. The highest BCUT2D eigenvalue weighted by molar-refractivity contribution is 5.85. The summed E-state index contributed by atoms with van der Waals surface area (Å²) < 4.78 is 10.5. The first kappa shape index (κ1) is 21.0. The Balaban J connectivity index is 0.00000243. The maximum absolute atomic E-state index is 12.6. The minimum Gasteiger partial charge on any atom is -0.491 e. The number of carbonyl (C=O) groups excluding carboxylic acids is 1. The maximum Gasteiger partial charge on any atom is 0.223 e. The molecule has 2 bridgehead atoms. The fraction of sp³-hybridized carbons (Fsp3) is 0.650. The van der Waals surface area contributed by atoms with Gasteiger partial charge in [-0.25, -0.2) is 0 Å². The van der Waals surface area contributed by atoms with E-state index in [0.29, 0.717) is 37.6 Å². The molecule has 0 aromatic heterocycles. The number of nitrogens with two attached hydrogens (primary N) is 1. The largest absolute Gasteiger partial charge is 0.491 e. The van der Waals surface area contributed by atoms with E-state index in [0.717, 1.165) is 24.2 Å². The highest BCUT2D eigenvalue weighted by Gasteiger charge is 2.40. The number of hydrogen-bond acceptors (Lipinski definition) is 4. The molecule has 1 aromatic carbocycles. The molecule has 2 fully saturated rings. The molecule has 1 aromatic rings. The summed E-state index contributed by atoms with van der Waals surface area (Å²) in [6.45, 7) is 1.68. The van der Waals surface area contributed by atoms with Crippen LogP contribution in [0.1, 0.15) is 37.7 Å². The predicted octanol–water partition coefficient (Wildman–Crippen LogP) is 2.90. The zero-order chi connectivity index (χ0) is 17.6. The Morgan fingerprint density at radius 1 is 1.15 bits per heavy atom. The molecule has 2 atom stereocenters. The Morgan fingerprint density at radius 2 is 1.81 bits per heavy atom. The summed E-state index contributed by atoms with van der Waals surface area (Å²) in [5, 5.41) is 3.10. The van der Waals surface area contributed by atoms with E-state index < -0.39 is 0 Å². The van der Waals surface area contributed by atoms with E-state index in [2.05, 4.69) is 5.32 Å². The van der Waals surface area contributed by atoms with E-state index in [1.54, 1.807) is 7.11 Å². The first-order valence-electron chi connectivity index (χ1n) is 9.41. The Kier molecular flexibility index (Phi) is 8.19. The van der Waals surface area contributed by atoms with Crippen LogP contribution in [-0.4, -0.2) is 32.3 Å². The van der Waals surface area contributed by atoms with Crippen molar-refractivity contribution in [2.24, 2.45) is 23.5 Å². The van der Waals surface area contributed by atoms with Crippen LogP contribution < -0.4 is 15.8 Å². The Bertz CT molecular complexity index is 553. The van der Waals surface area contributed by atoms with Crippen LogP contribution in [0.4, 0.5) is 0 Å². The molecule has 2 saturated carbocycles. The van der Waals surface area contributed by atoms with Gasteiger partial charge in [0.2, 0.25) is 5.91 Å². The average molecular weight is 383 g/mol. The minimum atomic E-state index is 0. The number of nitrogens with one attached hydrogen (secondary N) is 1. The van der Waals surface area contributed by atoms with Gasteiger partial charge < -0.3 is 20.5 Å². The molecule has 1 amide bonds. The van der Waals surface area contributed by atoms with Crippen molar-refractivity contribution >= 4 is 18.3 Å². The van der Waals surface area contributed by atoms with Gasteiger partial charge in [-0.15, -0.1) is 12.4 Å². The second-order valence-electron chi connectivity index (χ2n) is 7.40. The first-order chi connectivity index (χ1) is 12.2. The molecule has 146 valence electrons. The van der Waals surface area contributed by atoms with Gasteiger partial charge in [-0.2, -0.15) is 0 Å². The fourth-order valence-electron chi connectivity index (χ4n) is 4.28. The molecule has 0 heterocycles. The first-order valence-corrected chi connectivity index (χ1v) is 9.41.